The van der Waals surface area contributed by atoms with E-state index in [1.54, 1.807) is 0 Å². The van der Waals surface area contributed by atoms with Gasteiger partial charge in [0, 0.05) is 16.8 Å². The Hall–Kier alpha value is -2.87. The summed E-state index contributed by atoms with van der Waals surface area (Å²) in [6.45, 7) is -0.0153. The van der Waals surface area contributed by atoms with Crippen molar-refractivity contribution in [1.29, 1.82) is 0 Å². The quantitative estimate of drug-likeness (QED) is 0.342. The Morgan fingerprint density at radius 1 is 0.971 bits per heavy atom. The van der Waals surface area contributed by atoms with Crippen molar-refractivity contribution in [2.75, 3.05) is 6.61 Å². The lowest BCUT2D eigenvalue weighted by Gasteiger charge is -2.36. The van der Waals surface area contributed by atoms with Gasteiger partial charge in [-0.3, -0.25) is 0 Å². The van der Waals surface area contributed by atoms with Gasteiger partial charge in [-0.05, 0) is 53.4 Å². The highest BCUT2D eigenvalue weighted by Gasteiger charge is 2.37. The fraction of sp³-hybridized carbons (Fsp3) is 0.286. The molecule has 3 aromatic carbocycles. The van der Waals surface area contributed by atoms with Gasteiger partial charge in [0.05, 0.1) is 18.8 Å². The maximum absolute atomic E-state index is 10.2. The SMILES string of the molecule is OC[C@H]1O[C@@H](c2ccc(Cl)c(Cc3ccc(OCc4cc5ccccc5o4)cc3)c2)C[C@@H](O)[C@@H]1O. The van der Waals surface area contributed by atoms with E-state index in [1.807, 2.05) is 72.8 Å². The van der Waals surface area contributed by atoms with Gasteiger partial charge in [-0.1, -0.05) is 54.1 Å². The average molecular weight is 495 g/mol. The van der Waals surface area contributed by atoms with Gasteiger partial charge in [0.2, 0.25) is 0 Å². The van der Waals surface area contributed by atoms with Gasteiger partial charge in [0.15, 0.2) is 0 Å². The number of para-hydroxylation sites is 1. The molecular formula is C28H27ClO6. The number of hydrogen-bond donors (Lipinski definition) is 3. The standard InChI is InChI=1S/C28H27ClO6/c29-23-10-7-19(26-14-24(31)28(32)27(15-30)35-26)12-20(23)11-17-5-8-21(9-6-17)33-16-22-13-18-3-1-2-4-25(18)34-22/h1-10,12-13,24,26-28,30-32H,11,14-16H2/t24-,26-,27-,28+/m1/s1. The molecule has 182 valence electrons. The van der Waals surface area contributed by atoms with Crippen LogP contribution in [0.4, 0.5) is 0 Å². The molecule has 1 fully saturated rings. The zero-order valence-corrected chi connectivity index (χ0v) is 19.8. The van der Waals surface area contributed by atoms with Gasteiger partial charge in [0.1, 0.15) is 35.9 Å². The lowest BCUT2D eigenvalue weighted by molar-refractivity contribution is -0.181. The van der Waals surface area contributed by atoms with Gasteiger partial charge in [0.25, 0.3) is 0 Å². The maximum atomic E-state index is 10.2. The van der Waals surface area contributed by atoms with Crippen molar-refractivity contribution in [2.45, 2.75) is 43.9 Å². The second kappa shape index (κ2) is 10.4. The molecule has 35 heavy (non-hydrogen) atoms. The van der Waals surface area contributed by atoms with Gasteiger partial charge >= 0.3 is 0 Å². The fourth-order valence-corrected chi connectivity index (χ4v) is 4.62. The smallest absolute Gasteiger partial charge is 0.146 e. The summed E-state index contributed by atoms with van der Waals surface area (Å²) in [6.07, 6.45) is -2.47. The Morgan fingerprint density at radius 3 is 2.54 bits per heavy atom. The molecule has 2 heterocycles. The third kappa shape index (κ3) is 5.37. The summed E-state index contributed by atoms with van der Waals surface area (Å²) in [5, 5.41) is 31.3. The topological polar surface area (TPSA) is 92.3 Å². The normalized spacial score (nSPS) is 22.4. The molecule has 7 heteroatoms. The van der Waals surface area contributed by atoms with Crippen molar-refractivity contribution in [3.8, 4) is 5.75 Å². The van der Waals surface area contributed by atoms with Crippen LogP contribution in [0, 0.1) is 0 Å². The summed E-state index contributed by atoms with van der Waals surface area (Å²) < 4.78 is 17.5. The number of rotatable bonds is 7. The van der Waals surface area contributed by atoms with Gasteiger partial charge < -0.3 is 29.2 Å². The van der Waals surface area contributed by atoms with Crippen molar-refractivity contribution < 1.29 is 29.2 Å². The monoisotopic (exact) mass is 494 g/mol. The van der Waals surface area contributed by atoms with Crippen molar-refractivity contribution in [2.24, 2.45) is 0 Å². The first-order valence-electron chi connectivity index (χ1n) is 11.6. The predicted molar refractivity (Wildman–Crippen MR) is 133 cm³/mol. The van der Waals surface area contributed by atoms with Crippen molar-refractivity contribution in [1.82, 2.24) is 0 Å². The third-order valence-electron chi connectivity index (χ3n) is 6.37. The van der Waals surface area contributed by atoms with E-state index >= 15 is 0 Å². The number of ether oxygens (including phenoxy) is 2. The van der Waals surface area contributed by atoms with E-state index in [4.69, 9.17) is 25.5 Å². The van der Waals surface area contributed by atoms with Crippen molar-refractivity contribution in [3.63, 3.8) is 0 Å². The Balaban J connectivity index is 1.24. The summed E-state index contributed by atoms with van der Waals surface area (Å²) in [5.41, 5.74) is 3.68. The highest BCUT2D eigenvalue weighted by molar-refractivity contribution is 6.31. The van der Waals surface area contributed by atoms with E-state index in [0.717, 1.165) is 39.2 Å². The van der Waals surface area contributed by atoms with Gasteiger partial charge in [-0.15, -0.1) is 0 Å². The van der Waals surface area contributed by atoms with Crippen LogP contribution in [0.2, 0.25) is 5.02 Å². The molecule has 0 spiro atoms. The molecule has 0 saturated carbocycles. The van der Waals surface area contributed by atoms with E-state index in [2.05, 4.69) is 0 Å². The zero-order valence-electron chi connectivity index (χ0n) is 19.0. The summed E-state index contributed by atoms with van der Waals surface area (Å²) in [7, 11) is 0. The Labute approximate surface area is 208 Å². The van der Waals surface area contributed by atoms with Crippen LogP contribution in [0.3, 0.4) is 0 Å². The molecule has 0 amide bonds. The van der Waals surface area contributed by atoms with Crippen LogP contribution in [0.5, 0.6) is 5.75 Å². The Kier molecular flexibility index (Phi) is 7.09. The molecule has 6 nitrogen and oxygen atoms in total. The molecule has 0 radical (unpaired) electrons. The fourth-order valence-electron chi connectivity index (χ4n) is 4.44. The number of fused-ring (bicyclic) bond motifs is 1. The second-order valence-corrected chi connectivity index (χ2v) is 9.26. The van der Waals surface area contributed by atoms with Crippen molar-refractivity contribution >= 4 is 22.6 Å². The third-order valence-corrected chi connectivity index (χ3v) is 6.74. The molecule has 4 atom stereocenters. The lowest BCUT2D eigenvalue weighted by atomic mass is 9.92. The molecule has 3 N–H and O–H groups in total. The molecule has 1 aliphatic heterocycles. The van der Waals surface area contributed by atoms with Crippen LogP contribution >= 0.6 is 11.6 Å². The highest BCUT2D eigenvalue weighted by atomic mass is 35.5. The predicted octanol–water partition coefficient (Wildman–Crippen LogP) is 4.80. The van der Waals surface area contributed by atoms with E-state index in [1.165, 1.54) is 0 Å². The minimum atomic E-state index is -1.10. The Morgan fingerprint density at radius 2 is 1.77 bits per heavy atom. The minimum absolute atomic E-state index is 0.246. The van der Waals surface area contributed by atoms with E-state index in [-0.39, 0.29) is 13.0 Å². The molecule has 0 bridgehead atoms. The first-order chi connectivity index (χ1) is 17.0. The minimum Gasteiger partial charge on any atom is -0.486 e. The summed E-state index contributed by atoms with van der Waals surface area (Å²) >= 11 is 6.47. The van der Waals surface area contributed by atoms with E-state index in [0.29, 0.717) is 18.1 Å². The summed E-state index contributed by atoms with van der Waals surface area (Å²) in [4.78, 5) is 0. The van der Waals surface area contributed by atoms with Gasteiger partial charge in [-0.25, -0.2) is 0 Å². The van der Waals surface area contributed by atoms with Crippen LogP contribution in [0.15, 0.2) is 77.2 Å². The summed E-state index contributed by atoms with van der Waals surface area (Å²) in [5.74, 6) is 1.51. The second-order valence-electron chi connectivity index (χ2n) is 8.85. The molecule has 0 aliphatic carbocycles. The van der Waals surface area contributed by atoms with Crippen LogP contribution in [0.25, 0.3) is 11.0 Å². The number of furan rings is 1. The Bertz CT molecular complexity index is 1250. The van der Waals surface area contributed by atoms with E-state index < -0.39 is 24.4 Å². The molecule has 5 rings (SSSR count). The molecule has 0 unspecified atom stereocenters. The number of aliphatic hydroxyl groups excluding tert-OH is 3. The van der Waals surface area contributed by atoms with Crippen LogP contribution in [-0.4, -0.2) is 40.2 Å². The number of hydrogen-bond acceptors (Lipinski definition) is 6. The molecule has 4 aromatic rings. The molecule has 1 aliphatic rings. The van der Waals surface area contributed by atoms with Gasteiger partial charge in [-0.2, -0.15) is 0 Å². The van der Waals surface area contributed by atoms with Crippen molar-refractivity contribution in [3.05, 3.63) is 100 Å². The van der Waals surface area contributed by atoms with Crippen LogP contribution < -0.4 is 4.74 Å². The molecule has 1 saturated heterocycles. The number of aliphatic hydroxyl groups is 3. The maximum Gasteiger partial charge on any atom is 0.146 e. The molecule has 1 aromatic heterocycles. The zero-order chi connectivity index (χ0) is 24.4. The lowest BCUT2D eigenvalue weighted by Crippen LogP contribution is -2.47. The number of halogens is 1. The van der Waals surface area contributed by atoms with Crippen LogP contribution in [-0.2, 0) is 17.8 Å². The van der Waals surface area contributed by atoms with E-state index in [9.17, 15) is 15.3 Å². The first-order valence-corrected chi connectivity index (χ1v) is 12.0. The molecular weight excluding hydrogens is 468 g/mol. The largest absolute Gasteiger partial charge is 0.486 e. The number of benzene rings is 3. The van der Waals surface area contributed by atoms with Crippen LogP contribution in [0.1, 0.15) is 35.0 Å². The average Bonchev–Trinajstić information content (AvgIpc) is 3.29. The first kappa shape index (κ1) is 23.9. The summed E-state index contributed by atoms with van der Waals surface area (Å²) in [6, 6.07) is 23.3. The highest BCUT2D eigenvalue weighted by Crippen LogP contribution is 2.34.